The molecule has 0 aliphatic heterocycles. The number of halogens is 1. The zero-order valence-electron chi connectivity index (χ0n) is 7.93. The van der Waals surface area contributed by atoms with E-state index in [4.69, 9.17) is 10.00 Å². The number of aryl methyl sites for hydroxylation is 1. The predicted molar refractivity (Wildman–Crippen MR) is 57.4 cm³/mol. The first kappa shape index (κ1) is 9.54. The van der Waals surface area contributed by atoms with Gasteiger partial charge in [0, 0.05) is 0 Å². The van der Waals surface area contributed by atoms with Crippen LogP contribution in [-0.2, 0) is 12.8 Å². The fourth-order valence-corrected chi connectivity index (χ4v) is 2.78. The van der Waals surface area contributed by atoms with E-state index < -0.39 is 0 Å². The number of ether oxygens (including phenoxy) is 1. The molecule has 14 heavy (non-hydrogen) atoms. The molecular weight excluding hydrogens is 242 g/mol. The Morgan fingerprint density at radius 1 is 1.50 bits per heavy atom. The van der Waals surface area contributed by atoms with Crippen LogP contribution in [0.3, 0.4) is 0 Å². The minimum Gasteiger partial charge on any atom is -0.494 e. The summed E-state index contributed by atoms with van der Waals surface area (Å²) in [6.45, 7) is 0. The molecule has 1 aromatic carbocycles. The fourth-order valence-electron chi connectivity index (χ4n) is 1.95. The van der Waals surface area contributed by atoms with E-state index in [0.29, 0.717) is 11.3 Å². The van der Waals surface area contributed by atoms with Crippen molar-refractivity contribution in [3.05, 3.63) is 27.2 Å². The monoisotopic (exact) mass is 251 g/mol. The van der Waals surface area contributed by atoms with E-state index in [0.717, 1.165) is 17.3 Å². The number of nitriles is 1. The molecule has 0 heterocycles. The molecule has 2 nitrogen and oxygen atoms in total. The summed E-state index contributed by atoms with van der Waals surface area (Å²) in [6.07, 6.45) is 3.33. The Bertz CT molecular complexity index is 420. The van der Waals surface area contributed by atoms with Crippen molar-refractivity contribution in [1.82, 2.24) is 0 Å². The molecule has 0 saturated carbocycles. The van der Waals surface area contributed by atoms with E-state index in [1.807, 2.05) is 6.07 Å². The normalized spacial score (nSPS) is 13.5. The molecule has 0 N–H and O–H groups in total. The van der Waals surface area contributed by atoms with E-state index in [-0.39, 0.29) is 0 Å². The van der Waals surface area contributed by atoms with Gasteiger partial charge in [-0.3, -0.25) is 0 Å². The smallest absolute Gasteiger partial charge is 0.151 e. The van der Waals surface area contributed by atoms with E-state index in [1.54, 1.807) is 7.11 Å². The van der Waals surface area contributed by atoms with E-state index in [1.165, 1.54) is 17.5 Å². The number of benzene rings is 1. The third-order valence-electron chi connectivity index (χ3n) is 2.61. The van der Waals surface area contributed by atoms with Crippen LogP contribution in [-0.4, -0.2) is 7.11 Å². The molecule has 0 atom stereocenters. The minimum atomic E-state index is 0.625. The molecule has 0 bridgehead atoms. The summed E-state index contributed by atoms with van der Waals surface area (Å²) < 4.78 is 6.19. The molecule has 0 saturated heterocycles. The molecule has 0 unspecified atom stereocenters. The Balaban J connectivity index is 2.67. The molecule has 72 valence electrons. The average Bonchev–Trinajstić information content (AvgIpc) is 2.65. The Morgan fingerprint density at radius 3 is 2.93 bits per heavy atom. The van der Waals surface area contributed by atoms with Crippen molar-refractivity contribution in [1.29, 1.82) is 5.26 Å². The van der Waals surface area contributed by atoms with Crippen LogP contribution in [0.15, 0.2) is 10.5 Å². The second-order valence-corrected chi connectivity index (χ2v) is 4.17. The summed E-state index contributed by atoms with van der Waals surface area (Å²) in [7, 11) is 1.60. The van der Waals surface area contributed by atoms with Gasteiger partial charge >= 0.3 is 0 Å². The van der Waals surface area contributed by atoms with Gasteiger partial charge in [0.1, 0.15) is 6.07 Å². The maximum absolute atomic E-state index is 8.95. The summed E-state index contributed by atoms with van der Waals surface area (Å²) in [5.74, 6) is 0.674. The van der Waals surface area contributed by atoms with Crippen LogP contribution in [0.25, 0.3) is 0 Å². The fraction of sp³-hybridized carbons (Fsp3) is 0.364. The van der Waals surface area contributed by atoms with Crippen molar-refractivity contribution < 1.29 is 4.74 Å². The Morgan fingerprint density at radius 2 is 2.29 bits per heavy atom. The van der Waals surface area contributed by atoms with Gasteiger partial charge in [0.2, 0.25) is 0 Å². The number of rotatable bonds is 1. The second-order valence-electron chi connectivity index (χ2n) is 3.37. The molecule has 1 aromatic rings. The predicted octanol–water partition coefficient (Wildman–Crippen LogP) is 2.82. The van der Waals surface area contributed by atoms with Crippen molar-refractivity contribution in [3.63, 3.8) is 0 Å². The number of methoxy groups -OCH3 is 1. The first-order chi connectivity index (χ1) is 6.77. The van der Waals surface area contributed by atoms with Crippen LogP contribution in [0.2, 0.25) is 0 Å². The molecule has 1 aliphatic rings. The van der Waals surface area contributed by atoms with Gasteiger partial charge in [0.15, 0.2) is 5.75 Å². The topological polar surface area (TPSA) is 33.0 Å². The summed E-state index contributed by atoms with van der Waals surface area (Å²) in [5, 5.41) is 8.95. The van der Waals surface area contributed by atoms with Gasteiger partial charge < -0.3 is 4.74 Å². The minimum absolute atomic E-state index is 0.625. The van der Waals surface area contributed by atoms with Crippen LogP contribution in [0.4, 0.5) is 0 Å². The lowest BCUT2D eigenvalue weighted by atomic mass is 10.1. The third kappa shape index (κ3) is 1.31. The molecule has 0 spiro atoms. The Kier molecular flexibility index (Phi) is 2.47. The Hall–Kier alpha value is -1.01. The first-order valence-corrected chi connectivity index (χ1v) is 5.35. The number of nitrogens with zero attached hydrogens (tertiary/aromatic N) is 1. The van der Waals surface area contributed by atoms with Crippen molar-refractivity contribution in [2.45, 2.75) is 19.3 Å². The molecule has 3 heteroatoms. The molecule has 0 amide bonds. The molecular formula is C11H10BrNO. The third-order valence-corrected chi connectivity index (χ3v) is 3.45. The highest BCUT2D eigenvalue weighted by molar-refractivity contribution is 9.10. The lowest BCUT2D eigenvalue weighted by molar-refractivity contribution is 0.410. The van der Waals surface area contributed by atoms with Gasteiger partial charge in [-0.1, -0.05) is 0 Å². The van der Waals surface area contributed by atoms with E-state index in [9.17, 15) is 0 Å². The first-order valence-electron chi connectivity index (χ1n) is 4.56. The SMILES string of the molecule is COc1c(C#N)cc2c(c1Br)CCC2. The molecule has 0 fully saturated rings. The Labute approximate surface area is 91.6 Å². The molecule has 2 rings (SSSR count). The largest absolute Gasteiger partial charge is 0.494 e. The van der Waals surface area contributed by atoms with E-state index in [2.05, 4.69) is 22.0 Å². The van der Waals surface area contributed by atoms with Crippen LogP contribution in [0, 0.1) is 11.3 Å². The maximum atomic E-state index is 8.95. The highest BCUT2D eigenvalue weighted by atomic mass is 79.9. The molecule has 0 radical (unpaired) electrons. The summed E-state index contributed by atoms with van der Waals surface area (Å²) in [4.78, 5) is 0. The number of fused-ring (bicyclic) bond motifs is 1. The van der Waals surface area contributed by atoms with Crippen molar-refractivity contribution in [2.24, 2.45) is 0 Å². The van der Waals surface area contributed by atoms with Crippen molar-refractivity contribution >= 4 is 15.9 Å². The van der Waals surface area contributed by atoms with Gasteiger partial charge in [0.25, 0.3) is 0 Å². The maximum Gasteiger partial charge on any atom is 0.151 e. The van der Waals surface area contributed by atoms with Crippen LogP contribution < -0.4 is 4.74 Å². The quantitative estimate of drug-likeness (QED) is 0.769. The summed E-state index contributed by atoms with van der Waals surface area (Å²) in [5.41, 5.74) is 3.22. The van der Waals surface area contributed by atoms with Gasteiger partial charge in [-0.05, 0) is 52.4 Å². The van der Waals surface area contributed by atoms with Crippen LogP contribution in [0.5, 0.6) is 5.75 Å². The lowest BCUT2D eigenvalue weighted by Crippen LogP contribution is -1.94. The summed E-state index contributed by atoms with van der Waals surface area (Å²) in [6, 6.07) is 4.11. The summed E-state index contributed by atoms with van der Waals surface area (Å²) >= 11 is 3.51. The lowest BCUT2D eigenvalue weighted by Gasteiger charge is -2.10. The van der Waals surface area contributed by atoms with Gasteiger partial charge in [-0.15, -0.1) is 0 Å². The van der Waals surface area contributed by atoms with Crippen LogP contribution >= 0.6 is 15.9 Å². The number of hydrogen-bond acceptors (Lipinski definition) is 2. The van der Waals surface area contributed by atoms with E-state index >= 15 is 0 Å². The highest BCUT2D eigenvalue weighted by Crippen LogP contribution is 2.38. The van der Waals surface area contributed by atoms with Crippen molar-refractivity contribution in [3.8, 4) is 11.8 Å². The molecule has 0 aromatic heterocycles. The van der Waals surface area contributed by atoms with Gasteiger partial charge in [-0.25, -0.2) is 0 Å². The zero-order chi connectivity index (χ0) is 10.1. The number of hydrogen-bond donors (Lipinski definition) is 0. The van der Waals surface area contributed by atoms with Crippen molar-refractivity contribution in [2.75, 3.05) is 7.11 Å². The highest BCUT2D eigenvalue weighted by Gasteiger charge is 2.20. The van der Waals surface area contributed by atoms with Gasteiger partial charge in [-0.2, -0.15) is 5.26 Å². The second kappa shape index (κ2) is 3.62. The van der Waals surface area contributed by atoms with Gasteiger partial charge in [0.05, 0.1) is 17.1 Å². The average molecular weight is 252 g/mol. The molecule has 1 aliphatic carbocycles. The standard InChI is InChI=1S/C11H10BrNO/c1-14-11-8(6-13)5-7-3-2-4-9(7)10(11)12/h5H,2-4H2,1H3. The zero-order valence-corrected chi connectivity index (χ0v) is 9.52. The van der Waals surface area contributed by atoms with Crippen LogP contribution in [0.1, 0.15) is 23.1 Å².